The van der Waals surface area contributed by atoms with E-state index < -0.39 is 11.9 Å². The fraction of sp³-hybridized carbons (Fsp3) is 0. The summed E-state index contributed by atoms with van der Waals surface area (Å²) in [5.41, 5.74) is 3.85. The van der Waals surface area contributed by atoms with E-state index in [1.807, 2.05) is 106 Å². The molecule has 0 N–H and O–H groups in total. The Morgan fingerprint density at radius 2 is 1.09 bits per heavy atom. The molecule has 1 heterocycles. The van der Waals surface area contributed by atoms with Gasteiger partial charge in [-0.05, 0) is 0 Å². The summed E-state index contributed by atoms with van der Waals surface area (Å²) >= 11 is -3.61. The van der Waals surface area contributed by atoms with Crippen molar-refractivity contribution in [2.24, 2.45) is 0 Å². The first kappa shape index (κ1) is 21.9. The number of rotatable bonds is 4. The van der Waals surface area contributed by atoms with Crippen LogP contribution in [0.2, 0.25) is 0 Å². The number of benzene rings is 4. The van der Waals surface area contributed by atoms with Crippen LogP contribution >= 0.6 is 19.4 Å². The number of nitrogens with zero attached hydrogens (tertiary/aromatic N) is 3. The van der Waals surface area contributed by atoms with Crippen LogP contribution in [0.3, 0.4) is 0 Å². The average molecular weight is 559 g/mol. The zero-order valence-electron chi connectivity index (χ0n) is 17.6. The molecule has 33 heavy (non-hydrogen) atoms. The van der Waals surface area contributed by atoms with Crippen LogP contribution < -0.4 is 0 Å². The van der Waals surface area contributed by atoms with Crippen molar-refractivity contribution < 1.29 is 11.9 Å². The number of hydrogen-bond acceptors (Lipinski definition) is 1. The molecule has 0 saturated heterocycles. The molecule has 6 heteroatoms. The summed E-state index contributed by atoms with van der Waals surface area (Å²) in [6.07, 6.45) is 0. The third-order valence-corrected chi connectivity index (χ3v) is 10.4. The van der Waals surface area contributed by atoms with Crippen molar-refractivity contribution >= 4 is 24.0 Å². The zero-order chi connectivity index (χ0) is 22.7. The zero-order valence-corrected chi connectivity index (χ0v) is 20.8. The van der Waals surface area contributed by atoms with E-state index in [1.165, 1.54) is 0 Å². The Morgan fingerprint density at radius 1 is 0.606 bits per heavy atom. The first-order valence-electron chi connectivity index (χ1n) is 10.4. The molecule has 0 unspecified atom stereocenters. The van der Waals surface area contributed by atoms with Gasteiger partial charge in [-0.1, -0.05) is 0 Å². The molecule has 4 aromatic carbocycles. The first-order valence-corrected chi connectivity index (χ1v) is 16.7. The number of para-hydroxylation sites is 2. The van der Waals surface area contributed by atoms with Gasteiger partial charge in [0.05, 0.1) is 0 Å². The van der Waals surface area contributed by atoms with Gasteiger partial charge < -0.3 is 0 Å². The molecule has 0 bridgehead atoms. The molecule has 5 rings (SSSR count). The maximum absolute atomic E-state index is 7.31. The molecule has 0 saturated carbocycles. The fourth-order valence-corrected chi connectivity index (χ4v) is 9.03. The molecule has 0 atom stereocenters. The standard InChI is InChI=1S/C20H15N3.C7H6.2ClH.Ru/c1-4-10-17(11-5-1)20-21-23(19-14-8-3-9-15-19)16-22(20)18-12-6-2-7-13-18;1-7-5-3-2-4-6-7;;;/h1-15H;1-6H;2*1H;/q;;;;+2/p-2. The Bertz CT molecular complexity index is 1530. The van der Waals surface area contributed by atoms with E-state index >= 15 is 0 Å². The minimum atomic E-state index is -3.61. The summed E-state index contributed by atoms with van der Waals surface area (Å²) in [4.78, 5) is 0. The quantitative estimate of drug-likeness (QED) is 0.214. The normalized spacial score (nSPS) is 11.8. The third kappa shape index (κ3) is 4.61. The van der Waals surface area contributed by atoms with Crippen molar-refractivity contribution in [2.45, 2.75) is 0 Å². The molecule has 0 amide bonds. The van der Waals surface area contributed by atoms with Gasteiger partial charge in [-0.25, -0.2) is 0 Å². The summed E-state index contributed by atoms with van der Waals surface area (Å²) in [6, 6.07) is 40.3. The Balaban J connectivity index is 2.00. The summed E-state index contributed by atoms with van der Waals surface area (Å²) in [5.74, 6) is 0.786. The van der Waals surface area contributed by atoms with E-state index in [1.54, 1.807) is 0 Å². The van der Waals surface area contributed by atoms with Crippen LogP contribution in [0.25, 0.3) is 22.8 Å². The van der Waals surface area contributed by atoms with Gasteiger partial charge in [0.1, 0.15) is 0 Å². The van der Waals surface area contributed by atoms with Crippen LogP contribution in [0.15, 0.2) is 121 Å². The van der Waals surface area contributed by atoms with Gasteiger partial charge in [-0.15, -0.1) is 0 Å². The van der Waals surface area contributed by atoms with E-state index in [0.29, 0.717) is 0 Å². The Hall–Kier alpha value is -2.91. The van der Waals surface area contributed by atoms with E-state index in [0.717, 1.165) is 32.3 Å². The van der Waals surface area contributed by atoms with Gasteiger partial charge in [0, 0.05) is 0 Å². The van der Waals surface area contributed by atoms with E-state index in [-0.39, 0.29) is 0 Å². The van der Waals surface area contributed by atoms with Crippen molar-refractivity contribution in [1.82, 2.24) is 14.3 Å². The second kappa shape index (κ2) is 9.53. The summed E-state index contributed by atoms with van der Waals surface area (Å²) in [7, 11) is 14.6. The SMILES string of the molecule is [Cl][Ru]([Cl])(=[CH]c1ccccc1)=[c]1n(-c2ccccc2)nc(-c2ccccc2)n1-c1ccccc1. The average Bonchev–Trinajstić information content (AvgIpc) is 3.28. The van der Waals surface area contributed by atoms with Gasteiger partial charge in [0.2, 0.25) is 0 Å². The van der Waals surface area contributed by atoms with Crippen molar-refractivity contribution in [3.8, 4) is 22.8 Å². The van der Waals surface area contributed by atoms with E-state index in [9.17, 15) is 0 Å². The van der Waals surface area contributed by atoms with Crippen LogP contribution in [0, 0.1) is 4.01 Å². The van der Waals surface area contributed by atoms with Crippen molar-refractivity contribution in [3.63, 3.8) is 0 Å². The molecule has 5 aromatic rings. The molecule has 0 aliphatic heterocycles. The summed E-state index contributed by atoms with van der Waals surface area (Å²) in [5, 5.41) is 5.07. The summed E-state index contributed by atoms with van der Waals surface area (Å²) in [6.45, 7) is 0. The van der Waals surface area contributed by atoms with Crippen LogP contribution in [0.1, 0.15) is 5.56 Å². The molecular weight excluding hydrogens is 538 g/mol. The van der Waals surface area contributed by atoms with Crippen molar-refractivity contribution in [1.29, 1.82) is 0 Å². The van der Waals surface area contributed by atoms with Crippen molar-refractivity contribution in [2.75, 3.05) is 0 Å². The Morgan fingerprint density at radius 3 is 1.67 bits per heavy atom. The second-order valence-corrected chi connectivity index (χ2v) is 16.6. The molecule has 0 radical (unpaired) electrons. The molecular formula is C27H21Cl2N3Ru. The Labute approximate surface area is 203 Å². The second-order valence-electron chi connectivity index (χ2n) is 7.32. The predicted octanol–water partition coefficient (Wildman–Crippen LogP) is 7.17. The van der Waals surface area contributed by atoms with Gasteiger partial charge in [-0.3, -0.25) is 0 Å². The summed E-state index contributed by atoms with van der Waals surface area (Å²) < 4.78 is 6.81. The van der Waals surface area contributed by atoms with Crippen LogP contribution in [0.4, 0.5) is 0 Å². The number of aromatic nitrogens is 3. The van der Waals surface area contributed by atoms with E-state index in [2.05, 4.69) is 28.8 Å². The monoisotopic (exact) mass is 559 g/mol. The van der Waals surface area contributed by atoms with Gasteiger partial charge in [0.15, 0.2) is 0 Å². The topological polar surface area (TPSA) is 22.8 Å². The maximum atomic E-state index is 7.31. The van der Waals surface area contributed by atoms with Crippen LogP contribution in [-0.4, -0.2) is 19.0 Å². The first-order chi connectivity index (χ1) is 16.1. The minimum absolute atomic E-state index is 0.786. The Kier molecular flexibility index (Phi) is 6.33. The predicted molar refractivity (Wildman–Crippen MR) is 135 cm³/mol. The van der Waals surface area contributed by atoms with Crippen LogP contribution in [0.5, 0.6) is 0 Å². The fourth-order valence-electron chi connectivity index (χ4n) is 3.59. The molecule has 0 spiro atoms. The van der Waals surface area contributed by atoms with Gasteiger partial charge in [0.25, 0.3) is 0 Å². The molecule has 0 aliphatic carbocycles. The number of hydrogen-bond donors (Lipinski definition) is 0. The van der Waals surface area contributed by atoms with Crippen LogP contribution in [-0.2, 0) is 11.9 Å². The third-order valence-electron chi connectivity index (χ3n) is 5.06. The molecule has 1 aromatic heterocycles. The van der Waals surface area contributed by atoms with Gasteiger partial charge >= 0.3 is 204 Å². The number of halogens is 2. The van der Waals surface area contributed by atoms with Gasteiger partial charge in [-0.2, -0.15) is 0 Å². The van der Waals surface area contributed by atoms with E-state index in [4.69, 9.17) is 24.5 Å². The molecule has 166 valence electrons. The van der Waals surface area contributed by atoms with Crippen molar-refractivity contribution in [3.05, 3.63) is 131 Å². The molecule has 0 fully saturated rings. The molecule has 0 aliphatic rings. The molecule has 3 nitrogen and oxygen atoms in total.